The average molecular weight is 427 g/mol. The summed E-state index contributed by atoms with van der Waals surface area (Å²) in [4.78, 5) is 32.0. The number of rotatable bonds is 4. The quantitative estimate of drug-likeness (QED) is 0.601. The zero-order valence-corrected chi connectivity index (χ0v) is 17.7. The summed E-state index contributed by atoms with van der Waals surface area (Å²) in [6.07, 6.45) is 1.86. The molecule has 1 aliphatic rings. The van der Waals surface area contributed by atoms with Gasteiger partial charge < -0.3 is 9.47 Å². The normalized spacial score (nSPS) is 16.4. The second kappa shape index (κ2) is 7.81. The number of allylic oxidation sites excluding steroid dienone is 1. The van der Waals surface area contributed by atoms with Crippen LogP contribution in [-0.2, 0) is 9.53 Å². The first kappa shape index (κ1) is 19.4. The minimum atomic E-state index is -0.616. The van der Waals surface area contributed by atoms with E-state index in [0.29, 0.717) is 26.4 Å². The summed E-state index contributed by atoms with van der Waals surface area (Å²) < 4.78 is 12.4. The van der Waals surface area contributed by atoms with Gasteiger partial charge in [0, 0.05) is 4.88 Å². The number of carbonyl (C=O) groups excluding carboxylic acids is 1. The first-order valence-corrected chi connectivity index (χ1v) is 10.5. The maximum atomic E-state index is 13.3. The van der Waals surface area contributed by atoms with Crippen LogP contribution in [0.5, 0.6) is 5.75 Å². The minimum Gasteiger partial charge on any atom is -0.497 e. The van der Waals surface area contributed by atoms with Gasteiger partial charge >= 0.3 is 5.97 Å². The van der Waals surface area contributed by atoms with Gasteiger partial charge in [0.2, 0.25) is 0 Å². The lowest BCUT2D eigenvalue weighted by Gasteiger charge is -2.24. The van der Waals surface area contributed by atoms with Gasteiger partial charge in [-0.25, -0.2) is 9.79 Å². The van der Waals surface area contributed by atoms with Crippen molar-refractivity contribution in [3.05, 3.63) is 83.2 Å². The molecule has 8 heteroatoms. The number of carbonyl (C=O) groups is 1. The SMILES string of the molecule is COC(=O)C1=C(C)N=c2s/c(=C\c3cccs3)c(=O)n2[C@H]1c1ccc(OC)cc1. The Morgan fingerprint density at radius 3 is 2.59 bits per heavy atom. The van der Waals surface area contributed by atoms with E-state index in [2.05, 4.69) is 4.99 Å². The van der Waals surface area contributed by atoms with Crippen molar-refractivity contribution < 1.29 is 14.3 Å². The molecule has 3 heterocycles. The topological polar surface area (TPSA) is 69.9 Å². The number of thiophene rings is 1. The van der Waals surface area contributed by atoms with E-state index in [1.165, 1.54) is 18.4 Å². The summed E-state index contributed by atoms with van der Waals surface area (Å²) in [5, 5.41) is 1.96. The summed E-state index contributed by atoms with van der Waals surface area (Å²) in [5.41, 5.74) is 1.50. The number of hydrogen-bond acceptors (Lipinski definition) is 7. The van der Waals surface area contributed by atoms with E-state index in [9.17, 15) is 9.59 Å². The molecule has 0 saturated heterocycles. The molecule has 0 saturated carbocycles. The van der Waals surface area contributed by atoms with Crippen LogP contribution in [-0.4, -0.2) is 24.8 Å². The Hall–Kier alpha value is -2.97. The average Bonchev–Trinajstić information content (AvgIpc) is 3.35. The third kappa shape index (κ3) is 3.45. The van der Waals surface area contributed by atoms with Gasteiger partial charge in [-0.15, -0.1) is 11.3 Å². The van der Waals surface area contributed by atoms with Crippen molar-refractivity contribution in [1.29, 1.82) is 0 Å². The lowest BCUT2D eigenvalue weighted by molar-refractivity contribution is -0.136. The predicted octanol–water partition coefficient (Wildman–Crippen LogP) is 2.48. The van der Waals surface area contributed by atoms with Crippen LogP contribution < -0.4 is 19.6 Å². The molecule has 3 aromatic rings. The fourth-order valence-corrected chi connectivity index (χ4v) is 5.07. The molecular formula is C21H18N2O4S2. The summed E-state index contributed by atoms with van der Waals surface area (Å²) in [7, 11) is 2.92. The van der Waals surface area contributed by atoms with Gasteiger partial charge in [-0.3, -0.25) is 9.36 Å². The molecule has 1 atom stereocenters. The van der Waals surface area contributed by atoms with Crippen molar-refractivity contribution in [3.8, 4) is 5.75 Å². The van der Waals surface area contributed by atoms with Crippen LogP contribution in [0.2, 0.25) is 0 Å². The monoisotopic (exact) mass is 426 g/mol. The third-order valence-electron chi connectivity index (χ3n) is 4.68. The van der Waals surface area contributed by atoms with Crippen molar-refractivity contribution >= 4 is 34.7 Å². The largest absolute Gasteiger partial charge is 0.497 e. The van der Waals surface area contributed by atoms with Crippen LogP contribution in [0.3, 0.4) is 0 Å². The molecule has 148 valence electrons. The van der Waals surface area contributed by atoms with Crippen molar-refractivity contribution in [3.63, 3.8) is 0 Å². The van der Waals surface area contributed by atoms with Gasteiger partial charge in [-0.05, 0) is 42.1 Å². The molecule has 0 radical (unpaired) electrons. The zero-order chi connectivity index (χ0) is 20.5. The van der Waals surface area contributed by atoms with Gasteiger partial charge in [0.05, 0.1) is 36.1 Å². The van der Waals surface area contributed by atoms with E-state index in [0.717, 1.165) is 10.4 Å². The number of ether oxygens (including phenoxy) is 2. The van der Waals surface area contributed by atoms with Crippen molar-refractivity contribution in [2.75, 3.05) is 14.2 Å². The van der Waals surface area contributed by atoms with E-state index in [-0.39, 0.29) is 5.56 Å². The highest BCUT2D eigenvalue weighted by atomic mass is 32.1. The van der Waals surface area contributed by atoms with E-state index >= 15 is 0 Å². The fourth-order valence-electron chi connectivity index (χ4n) is 3.30. The lowest BCUT2D eigenvalue weighted by Crippen LogP contribution is -2.39. The standard InChI is InChI=1S/C21H18N2O4S2/c1-12-17(20(25)27-3)18(13-6-8-14(26-2)9-7-13)23-19(24)16(29-21(23)22-12)11-15-5-4-10-28-15/h4-11,18H,1-3H3/b16-11-/t18-/m0/s1. The van der Waals surface area contributed by atoms with E-state index in [4.69, 9.17) is 9.47 Å². The fraction of sp³-hybridized carbons (Fsp3) is 0.190. The Balaban J connectivity index is 1.97. The molecule has 0 aliphatic carbocycles. The highest BCUT2D eigenvalue weighted by molar-refractivity contribution is 7.11. The van der Waals surface area contributed by atoms with Crippen LogP contribution in [0.15, 0.2) is 62.8 Å². The molecule has 0 fully saturated rings. The van der Waals surface area contributed by atoms with Crippen LogP contribution in [0, 0.1) is 0 Å². The van der Waals surface area contributed by atoms with Crippen LogP contribution in [0.4, 0.5) is 0 Å². The van der Waals surface area contributed by atoms with Crippen molar-refractivity contribution in [1.82, 2.24) is 4.57 Å². The molecule has 29 heavy (non-hydrogen) atoms. The second-order valence-corrected chi connectivity index (χ2v) is 8.35. The van der Waals surface area contributed by atoms with Gasteiger partial charge in [0.1, 0.15) is 5.75 Å². The number of fused-ring (bicyclic) bond motifs is 1. The number of benzene rings is 1. The molecule has 1 aromatic carbocycles. The Morgan fingerprint density at radius 1 is 1.21 bits per heavy atom. The van der Waals surface area contributed by atoms with Crippen molar-refractivity contribution in [2.45, 2.75) is 13.0 Å². The maximum Gasteiger partial charge on any atom is 0.338 e. The number of methoxy groups -OCH3 is 2. The molecular weight excluding hydrogens is 408 g/mol. The molecule has 0 unspecified atom stereocenters. The van der Waals surface area contributed by atoms with E-state index in [1.807, 2.05) is 35.7 Å². The van der Waals surface area contributed by atoms with Gasteiger partial charge in [-0.1, -0.05) is 29.5 Å². The number of thiazole rings is 1. The second-order valence-electron chi connectivity index (χ2n) is 6.36. The first-order valence-electron chi connectivity index (χ1n) is 8.82. The predicted molar refractivity (Wildman–Crippen MR) is 113 cm³/mol. The Morgan fingerprint density at radius 2 is 1.97 bits per heavy atom. The summed E-state index contributed by atoms with van der Waals surface area (Å²) in [5.74, 6) is 0.193. The molecule has 0 spiro atoms. The molecule has 6 nitrogen and oxygen atoms in total. The smallest absolute Gasteiger partial charge is 0.338 e. The number of nitrogens with zero attached hydrogens (tertiary/aromatic N) is 2. The lowest BCUT2D eigenvalue weighted by atomic mass is 9.96. The molecule has 0 N–H and O–H groups in total. The molecule has 1 aliphatic heterocycles. The third-order valence-corrected chi connectivity index (χ3v) is 6.48. The molecule has 0 amide bonds. The minimum absolute atomic E-state index is 0.183. The van der Waals surface area contributed by atoms with Gasteiger partial charge in [0.25, 0.3) is 5.56 Å². The Bertz CT molecular complexity index is 1270. The molecule has 4 rings (SSSR count). The summed E-state index contributed by atoms with van der Waals surface area (Å²) in [6, 6.07) is 10.6. The van der Waals surface area contributed by atoms with Crippen LogP contribution in [0.25, 0.3) is 6.08 Å². The number of esters is 1. The van der Waals surface area contributed by atoms with Crippen LogP contribution in [0.1, 0.15) is 23.4 Å². The highest BCUT2D eigenvalue weighted by Crippen LogP contribution is 2.31. The summed E-state index contributed by atoms with van der Waals surface area (Å²) in [6.45, 7) is 1.76. The Labute approximate surface area is 174 Å². The number of aromatic nitrogens is 1. The summed E-state index contributed by atoms with van der Waals surface area (Å²) >= 11 is 2.87. The number of hydrogen-bond donors (Lipinski definition) is 0. The maximum absolute atomic E-state index is 13.3. The van der Waals surface area contributed by atoms with Crippen molar-refractivity contribution in [2.24, 2.45) is 4.99 Å². The highest BCUT2D eigenvalue weighted by Gasteiger charge is 2.33. The van der Waals surface area contributed by atoms with Gasteiger partial charge in [-0.2, -0.15) is 0 Å². The molecule has 2 aromatic heterocycles. The first-order chi connectivity index (χ1) is 14.0. The van der Waals surface area contributed by atoms with E-state index < -0.39 is 12.0 Å². The van der Waals surface area contributed by atoms with E-state index in [1.54, 1.807) is 42.1 Å². The Kier molecular flexibility index (Phi) is 5.21. The van der Waals surface area contributed by atoms with Gasteiger partial charge in [0.15, 0.2) is 4.80 Å². The zero-order valence-electron chi connectivity index (χ0n) is 16.0. The molecule has 0 bridgehead atoms. The van der Waals surface area contributed by atoms with Crippen LogP contribution >= 0.6 is 22.7 Å².